The predicted octanol–water partition coefficient (Wildman–Crippen LogP) is 6.05. The minimum Gasteiger partial charge on any atom is -0.451 e. The zero-order valence-corrected chi connectivity index (χ0v) is 25.4. The summed E-state index contributed by atoms with van der Waals surface area (Å²) < 4.78 is 5.84. The van der Waals surface area contributed by atoms with Gasteiger partial charge in [-0.05, 0) is 101 Å². The summed E-state index contributed by atoms with van der Waals surface area (Å²) in [7, 11) is 0. The van der Waals surface area contributed by atoms with Gasteiger partial charge < -0.3 is 35.9 Å². The van der Waals surface area contributed by atoms with Crippen molar-refractivity contribution in [3.63, 3.8) is 0 Å². The molecule has 0 atom stereocenters. The molecule has 3 fully saturated rings. The molecular weight excluding hydrogens is 556 g/mol. The molecule has 1 aromatic heterocycles. The van der Waals surface area contributed by atoms with Crippen LogP contribution in [0.4, 0.5) is 21.9 Å². The van der Waals surface area contributed by atoms with Crippen LogP contribution in [-0.2, 0) is 4.79 Å². The van der Waals surface area contributed by atoms with Gasteiger partial charge >= 0.3 is 6.03 Å². The largest absolute Gasteiger partial charge is 0.451 e. The van der Waals surface area contributed by atoms with E-state index in [1.54, 1.807) is 6.07 Å². The van der Waals surface area contributed by atoms with Crippen LogP contribution in [-0.4, -0.2) is 61.5 Å². The molecule has 0 radical (unpaired) electrons. The topological polar surface area (TPSA) is 133 Å². The van der Waals surface area contributed by atoms with Gasteiger partial charge in [0.25, 0.3) is 5.91 Å². The van der Waals surface area contributed by atoms with Crippen LogP contribution in [0.5, 0.6) is 0 Å². The Labute approximate surface area is 261 Å². The summed E-state index contributed by atoms with van der Waals surface area (Å²) in [4.78, 5) is 42.7. The molecule has 5 N–H and O–H groups in total. The van der Waals surface area contributed by atoms with Gasteiger partial charge in [0.05, 0.1) is 11.4 Å². The Hall–Kier alpha value is -4.05. The number of primary amides is 1. The number of hydrogen-bond acceptors (Lipinski definition) is 6. The second-order valence-electron chi connectivity index (χ2n) is 12.6. The zero-order valence-electron chi connectivity index (χ0n) is 25.4. The summed E-state index contributed by atoms with van der Waals surface area (Å²) in [5.41, 5.74) is 8.27. The highest BCUT2D eigenvalue weighted by Gasteiger charge is 2.28. The summed E-state index contributed by atoms with van der Waals surface area (Å²) in [5, 5.41) is 9.86. The first kappa shape index (κ1) is 30.0. The van der Waals surface area contributed by atoms with Crippen LogP contribution in [0.15, 0.2) is 52.9 Å². The predicted molar refractivity (Wildman–Crippen MR) is 177 cm³/mol. The first-order valence-corrected chi connectivity index (χ1v) is 16.2. The van der Waals surface area contributed by atoms with Gasteiger partial charge in [0, 0.05) is 45.5 Å². The Morgan fingerprint density at radius 1 is 0.864 bits per heavy atom. The third-order valence-electron chi connectivity index (χ3n) is 9.66. The van der Waals surface area contributed by atoms with E-state index in [1.165, 1.54) is 32.4 Å². The fourth-order valence-electron chi connectivity index (χ4n) is 7.09. The third kappa shape index (κ3) is 7.18. The summed E-state index contributed by atoms with van der Waals surface area (Å²) >= 11 is 0. The van der Waals surface area contributed by atoms with Crippen LogP contribution in [0.25, 0.3) is 11.0 Å². The van der Waals surface area contributed by atoms with E-state index in [-0.39, 0.29) is 32.4 Å². The van der Waals surface area contributed by atoms with Crippen molar-refractivity contribution in [2.24, 2.45) is 17.6 Å². The number of fused-ring (bicyclic) bond motifs is 1. The van der Waals surface area contributed by atoms with Crippen LogP contribution < -0.4 is 26.6 Å². The molecule has 1 aliphatic carbocycles. The first-order valence-electron chi connectivity index (χ1n) is 16.2. The number of anilines is 3. The minimum atomic E-state index is -0.334. The number of piperidine rings is 2. The lowest BCUT2D eigenvalue weighted by atomic mass is 9.82. The Morgan fingerprint density at radius 2 is 1.61 bits per heavy atom. The number of urea groups is 1. The van der Waals surface area contributed by atoms with E-state index >= 15 is 0 Å². The number of hydrogen-bond donors (Lipinski definition) is 4. The lowest BCUT2D eigenvalue weighted by molar-refractivity contribution is -0.122. The number of amides is 4. The Morgan fingerprint density at radius 3 is 2.34 bits per heavy atom. The number of rotatable bonds is 8. The summed E-state index contributed by atoms with van der Waals surface area (Å²) in [6.07, 6.45) is 9.36. The molecule has 0 unspecified atom stereocenters. The van der Waals surface area contributed by atoms with Gasteiger partial charge in [-0.25, -0.2) is 4.79 Å². The monoisotopic (exact) mass is 604 g/mol. The van der Waals surface area contributed by atoms with Crippen LogP contribution >= 0.6 is 0 Å². The number of nitrogens with zero attached hydrogens (tertiary/aromatic N) is 2. The molecule has 3 aliphatic rings. The van der Waals surface area contributed by atoms with E-state index in [1.807, 2.05) is 42.5 Å². The second-order valence-corrected chi connectivity index (χ2v) is 12.6. The smallest absolute Gasteiger partial charge is 0.319 e. The van der Waals surface area contributed by atoms with Gasteiger partial charge in [-0.1, -0.05) is 24.6 Å². The third-order valence-corrected chi connectivity index (χ3v) is 9.66. The molecule has 2 aromatic carbocycles. The summed E-state index contributed by atoms with van der Waals surface area (Å²) in [6.45, 7) is 4.73. The van der Waals surface area contributed by atoms with E-state index in [4.69, 9.17) is 10.2 Å². The Balaban J connectivity index is 0.00000240. The molecule has 44 heavy (non-hydrogen) atoms. The van der Waals surface area contributed by atoms with Gasteiger partial charge in [0.2, 0.25) is 5.91 Å². The highest BCUT2D eigenvalue weighted by atomic mass is 16.3. The van der Waals surface area contributed by atoms with Crippen LogP contribution in [0, 0.1) is 11.8 Å². The SMILES string of the molecule is NC(=O)C1CCC(CNC(=O)Nc2ccc(N3CCC(N4CCCCC4)CC3)c(NC(=O)c3cc4ccccc4o3)c2)CC1.[HH].[HH]. The number of carbonyl (C=O) groups is 3. The molecule has 10 nitrogen and oxygen atoms in total. The number of para-hydroxylation sites is 1. The number of likely N-dealkylation sites (tertiary alicyclic amines) is 1. The van der Waals surface area contributed by atoms with E-state index < -0.39 is 0 Å². The second kappa shape index (κ2) is 13.7. The van der Waals surface area contributed by atoms with E-state index in [2.05, 4.69) is 25.8 Å². The van der Waals surface area contributed by atoms with Crippen molar-refractivity contribution >= 4 is 45.9 Å². The molecule has 10 heteroatoms. The lowest BCUT2D eigenvalue weighted by Gasteiger charge is -2.41. The molecule has 0 bridgehead atoms. The highest BCUT2D eigenvalue weighted by Crippen LogP contribution is 2.34. The maximum absolute atomic E-state index is 13.4. The number of nitrogens with one attached hydrogen (secondary N) is 3. The van der Waals surface area contributed by atoms with Gasteiger partial charge in [-0.15, -0.1) is 0 Å². The van der Waals surface area contributed by atoms with E-state index in [0.717, 1.165) is 62.7 Å². The maximum Gasteiger partial charge on any atom is 0.319 e. The maximum atomic E-state index is 13.4. The van der Waals surface area contributed by atoms with Gasteiger partial charge in [-0.2, -0.15) is 0 Å². The number of nitrogens with two attached hydrogens (primary N) is 1. The average molecular weight is 605 g/mol. The fourth-order valence-corrected chi connectivity index (χ4v) is 7.09. The summed E-state index contributed by atoms with van der Waals surface area (Å²) in [6, 6.07) is 15.3. The molecule has 2 aliphatic heterocycles. The number of furan rings is 1. The average Bonchev–Trinajstić information content (AvgIpc) is 3.50. The molecule has 6 rings (SSSR count). The molecule has 238 valence electrons. The number of carbonyl (C=O) groups excluding carboxylic acids is 3. The van der Waals surface area contributed by atoms with Crippen molar-refractivity contribution in [3.8, 4) is 0 Å². The molecular formula is C34H48N6O4. The lowest BCUT2D eigenvalue weighted by Crippen LogP contribution is -2.46. The quantitative estimate of drug-likeness (QED) is 0.248. The van der Waals surface area contributed by atoms with Crippen molar-refractivity contribution in [1.82, 2.24) is 10.2 Å². The highest BCUT2D eigenvalue weighted by molar-refractivity contribution is 6.06. The molecule has 3 heterocycles. The van der Waals surface area contributed by atoms with Gasteiger partial charge in [-0.3, -0.25) is 9.59 Å². The summed E-state index contributed by atoms with van der Waals surface area (Å²) in [5.74, 6) is -0.0540. The Bertz CT molecular complexity index is 1440. The van der Waals surface area contributed by atoms with Crippen LogP contribution in [0.1, 0.15) is 71.2 Å². The molecule has 2 saturated heterocycles. The van der Waals surface area contributed by atoms with Gasteiger partial charge in [0.1, 0.15) is 5.58 Å². The van der Waals surface area contributed by atoms with E-state index in [0.29, 0.717) is 35.5 Å². The molecule has 4 amide bonds. The van der Waals surface area contributed by atoms with Crippen molar-refractivity contribution in [2.75, 3.05) is 48.3 Å². The number of benzene rings is 2. The standard InChI is InChI=1S/C34H44N6O4.2H2/c35-32(41)24-10-8-23(9-11-24)22-36-34(43)37-26-12-13-29(40-18-14-27(15-19-40)39-16-4-1-5-17-39)28(21-26)38-33(42)31-20-25-6-2-3-7-30(25)44-31;;/h2-3,6-7,12-13,20-21,23-24,27H,1,4-5,8-11,14-19,22H2,(H2,35,41)(H,38,42)(H2,36,37,43);2*1H. The van der Waals surface area contributed by atoms with Crippen molar-refractivity contribution in [2.45, 2.75) is 63.8 Å². The first-order chi connectivity index (χ1) is 21.4. The molecule has 3 aromatic rings. The van der Waals surface area contributed by atoms with Crippen LogP contribution in [0.3, 0.4) is 0 Å². The molecule has 1 saturated carbocycles. The van der Waals surface area contributed by atoms with Crippen LogP contribution in [0.2, 0.25) is 0 Å². The van der Waals surface area contributed by atoms with E-state index in [9.17, 15) is 14.4 Å². The zero-order chi connectivity index (χ0) is 30.5. The van der Waals surface area contributed by atoms with Crippen molar-refractivity contribution in [3.05, 3.63) is 54.3 Å². The van der Waals surface area contributed by atoms with Crippen molar-refractivity contribution < 1.29 is 21.7 Å². The Kier molecular flexibility index (Phi) is 9.35. The minimum absolute atomic E-state index is 0. The van der Waals surface area contributed by atoms with Gasteiger partial charge in [0.15, 0.2) is 5.76 Å². The fraction of sp³-hybridized carbons (Fsp3) is 0.500. The molecule has 0 spiro atoms. The normalized spacial score (nSPS) is 21.6. The van der Waals surface area contributed by atoms with Crippen molar-refractivity contribution in [1.29, 1.82) is 0 Å².